The quantitative estimate of drug-likeness (QED) is 0.274. The number of nitrogens with zero attached hydrogens (tertiary/aromatic N) is 1. The lowest BCUT2D eigenvalue weighted by atomic mass is 9.87. The Labute approximate surface area is 112 Å². The summed E-state index contributed by atoms with van der Waals surface area (Å²) in [6, 6.07) is 7.28. The number of hydrogen-bond donors (Lipinski definition) is 2. The van der Waals surface area contributed by atoms with Crippen LogP contribution in [0.5, 0.6) is 5.75 Å². The van der Waals surface area contributed by atoms with Crippen LogP contribution in [0.1, 0.15) is 26.7 Å². The van der Waals surface area contributed by atoms with Crippen LogP contribution in [0.3, 0.4) is 0 Å². The fraction of sp³-hybridized carbons (Fsp3) is 0.462. The largest absolute Gasteiger partial charge is 0.494 e. The number of benzene rings is 1. The van der Waals surface area contributed by atoms with Crippen LogP contribution in [0.4, 0.5) is 0 Å². The van der Waals surface area contributed by atoms with E-state index in [9.17, 15) is 0 Å². The zero-order chi connectivity index (χ0) is 13.6. The molecule has 1 aromatic carbocycles. The van der Waals surface area contributed by atoms with Gasteiger partial charge in [0.2, 0.25) is 0 Å². The molecule has 0 unspecified atom stereocenters. The minimum Gasteiger partial charge on any atom is -0.494 e. The first-order valence-electron chi connectivity index (χ1n) is 5.82. The highest BCUT2D eigenvalue weighted by molar-refractivity contribution is 6.30. The molecule has 100 valence electrons. The van der Waals surface area contributed by atoms with Gasteiger partial charge in [-0.05, 0) is 31.0 Å². The zero-order valence-electron chi connectivity index (χ0n) is 10.7. The van der Waals surface area contributed by atoms with Gasteiger partial charge < -0.3 is 15.7 Å². The van der Waals surface area contributed by atoms with Gasteiger partial charge in [0.1, 0.15) is 11.6 Å². The molecule has 1 rings (SSSR count). The maximum atomic E-state index is 8.65. The molecule has 0 saturated heterocycles. The minimum atomic E-state index is -0.327. The van der Waals surface area contributed by atoms with Crippen LogP contribution in [0.15, 0.2) is 29.4 Å². The van der Waals surface area contributed by atoms with E-state index in [4.69, 9.17) is 27.3 Å². The van der Waals surface area contributed by atoms with Gasteiger partial charge in [-0.1, -0.05) is 36.7 Å². The lowest BCUT2D eigenvalue weighted by Gasteiger charge is -2.22. The predicted octanol–water partition coefficient (Wildman–Crippen LogP) is 3.27. The van der Waals surface area contributed by atoms with Crippen molar-refractivity contribution in [1.29, 1.82) is 0 Å². The SMILES string of the molecule is CC(C)(CCCOc1cccc(Cl)c1)C(N)=NO. The van der Waals surface area contributed by atoms with Crippen molar-refractivity contribution < 1.29 is 9.94 Å². The molecule has 5 heteroatoms. The van der Waals surface area contributed by atoms with E-state index >= 15 is 0 Å². The summed E-state index contributed by atoms with van der Waals surface area (Å²) < 4.78 is 5.57. The van der Waals surface area contributed by atoms with Crippen LogP contribution in [-0.2, 0) is 0 Å². The van der Waals surface area contributed by atoms with Crippen molar-refractivity contribution >= 4 is 17.4 Å². The molecule has 0 aromatic heterocycles. The molecule has 0 heterocycles. The van der Waals surface area contributed by atoms with Crippen molar-refractivity contribution in [1.82, 2.24) is 0 Å². The molecule has 0 aliphatic carbocycles. The van der Waals surface area contributed by atoms with Gasteiger partial charge in [0.25, 0.3) is 0 Å². The van der Waals surface area contributed by atoms with E-state index in [1.165, 1.54) is 0 Å². The second-order valence-electron chi connectivity index (χ2n) is 4.78. The van der Waals surface area contributed by atoms with Crippen molar-refractivity contribution in [3.8, 4) is 5.75 Å². The number of ether oxygens (including phenoxy) is 1. The fourth-order valence-corrected chi connectivity index (χ4v) is 1.70. The van der Waals surface area contributed by atoms with Crippen LogP contribution >= 0.6 is 11.6 Å². The second-order valence-corrected chi connectivity index (χ2v) is 5.21. The monoisotopic (exact) mass is 270 g/mol. The molecular weight excluding hydrogens is 252 g/mol. The van der Waals surface area contributed by atoms with Crippen LogP contribution in [-0.4, -0.2) is 17.6 Å². The summed E-state index contributed by atoms with van der Waals surface area (Å²) in [6.07, 6.45) is 1.60. The average Bonchev–Trinajstić information content (AvgIpc) is 2.33. The molecule has 0 fully saturated rings. The lowest BCUT2D eigenvalue weighted by Crippen LogP contribution is -2.32. The Balaban J connectivity index is 2.35. The number of amidine groups is 1. The highest BCUT2D eigenvalue weighted by atomic mass is 35.5. The molecule has 1 aromatic rings. The van der Waals surface area contributed by atoms with Crippen LogP contribution in [0, 0.1) is 5.41 Å². The van der Waals surface area contributed by atoms with E-state index in [1.807, 2.05) is 26.0 Å². The molecule has 0 aliphatic rings. The first-order valence-corrected chi connectivity index (χ1v) is 6.20. The molecule has 3 N–H and O–H groups in total. The van der Waals surface area contributed by atoms with Crippen molar-refractivity contribution in [3.63, 3.8) is 0 Å². The lowest BCUT2D eigenvalue weighted by molar-refractivity contribution is 0.277. The summed E-state index contributed by atoms with van der Waals surface area (Å²) in [4.78, 5) is 0. The van der Waals surface area contributed by atoms with Gasteiger partial charge in [-0.25, -0.2) is 0 Å². The normalized spacial score (nSPS) is 12.5. The molecule has 0 aliphatic heterocycles. The Kier molecular flexibility index (Phi) is 5.28. The summed E-state index contributed by atoms with van der Waals surface area (Å²) in [6.45, 7) is 4.44. The highest BCUT2D eigenvalue weighted by Crippen LogP contribution is 2.23. The van der Waals surface area contributed by atoms with Gasteiger partial charge in [0, 0.05) is 10.4 Å². The molecular formula is C13H19ClN2O2. The fourth-order valence-electron chi connectivity index (χ4n) is 1.52. The van der Waals surface area contributed by atoms with Gasteiger partial charge in [0.05, 0.1) is 6.61 Å². The van der Waals surface area contributed by atoms with Gasteiger partial charge in [-0.3, -0.25) is 0 Å². The molecule has 18 heavy (non-hydrogen) atoms. The Morgan fingerprint density at radius 2 is 2.22 bits per heavy atom. The third-order valence-electron chi connectivity index (χ3n) is 2.81. The summed E-state index contributed by atoms with van der Waals surface area (Å²) in [5.74, 6) is 0.995. The number of oxime groups is 1. The van der Waals surface area contributed by atoms with E-state index in [-0.39, 0.29) is 11.3 Å². The van der Waals surface area contributed by atoms with Crippen molar-refractivity contribution in [2.75, 3.05) is 6.61 Å². The average molecular weight is 271 g/mol. The van der Waals surface area contributed by atoms with E-state index in [2.05, 4.69) is 5.16 Å². The predicted molar refractivity (Wildman–Crippen MR) is 73.4 cm³/mol. The standard InChI is InChI=1S/C13H19ClN2O2/c1-13(2,12(15)16-17)7-4-8-18-11-6-3-5-10(14)9-11/h3,5-6,9,17H,4,7-8H2,1-2H3,(H2,15,16). The van der Waals surface area contributed by atoms with Crippen molar-refractivity contribution in [2.45, 2.75) is 26.7 Å². The molecule has 0 amide bonds. The Morgan fingerprint density at radius 1 is 1.50 bits per heavy atom. The third kappa shape index (κ3) is 4.45. The maximum Gasteiger partial charge on any atom is 0.144 e. The van der Waals surface area contributed by atoms with E-state index in [0.29, 0.717) is 11.6 Å². The van der Waals surface area contributed by atoms with Crippen LogP contribution in [0.25, 0.3) is 0 Å². The minimum absolute atomic E-state index is 0.241. The van der Waals surface area contributed by atoms with E-state index < -0.39 is 0 Å². The summed E-state index contributed by atoms with van der Waals surface area (Å²) >= 11 is 5.85. The topological polar surface area (TPSA) is 67.8 Å². The first-order chi connectivity index (χ1) is 8.45. The highest BCUT2D eigenvalue weighted by Gasteiger charge is 2.22. The van der Waals surface area contributed by atoms with Gasteiger partial charge in [-0.15, -0.1) is 0 Å². The summed E-state index contributed by atoms with van der Waals surface area (Å²) in [5, 5.41) is 12.4. The Bertz CT molecular complexity index is 419. The zero-order valence-corrected chi connectivity index (χ0v) is 11.4. The van der Waals surface area contributed by atoms with E-state index in [0.717, 1.165) is 18.6 Å². The Morgan fingerprint density at radius 3 is 2.83 bits per heavy atom. The number of nitrogens with two attached hydrogens (primary N) is 1. The molecule has 0 saturated carbocycles. The molecule has 4 nitrogen and oxygen atoms in total. The van der Waals surface area contributed by atoms with Crippen LogP contribution < -0.4 is 10.5 Å². The molecule has 0 atom stereocenters. The van der Waals surface area contributed by atoms with E-state index in [1.54, 1.807) is 12.1 Å². The third-order valence-corrected chi connectivity index (χ3v) is 3.05. The number of hydrogen-bond acceptors (Lipinski definition) is 3. The maximum absolute atomic E-state index is 8.65. The number of rotatable bonds is 6. The molecule has 0 bridgehead atoms. The summed E-state index contributed by atoms with van der Waals surface area (Å²) in [7, 11) is 0. The van der Waals surface area contributed by atoms with Gasteiger partial charge >= 0.3 is 0 Å². The van der Waals surface area contributed by atoms with Crippen molar-refractivity contribution in [3.05, 3.63) is 29.3 Å². The Hall–Kier alpha value is -1.42. The van der Waals surface area contributed by atoms with Gasteiger partial charge in [0.15, 0.2) is 0 Å². The molecule has 0 spiro atoms. The van der Waals surface area contributed by atoms with Crippen LogP contribution in [0.2, 0.25) is 5.02 Å². The smallest absolute Gasteiger partial charge is 0.144 e. The molecule has 0 radical (unpaired) electrons. The summed E-state index contributed by atoms with van der Waals surface area (Å²) in [5.41, 5.74) is 5.28. The second kappa shape index (κ2) is 6.50. The van der Waals surface area contributed by atoms with Crippen molar-refractivity contribution in [2.24, 2.45) is 16.3 Å². The first kappa shape index (κ1) is 14.6. The number of halogens is 1. The van der Waals surface area contributed by atoms with Gasteiger partial charge in [-0.2, -0.15) is 0 Å².